The average molecular weight is 281 g/mol. The van der Waals surface area contributed by atoms with Crippen LogP contribution in [0.4, 0.5) is 0 Å². The van der Waals surface area contributed by atoms with Crippen LogP contribution in [-0.4, -0.2) is 48.9 Å². The zero-order chi connectivity index (χ0) is 14.5. The van der Waals surface area contributed by atoms with E-state index in [-0.39, 0.29) is 17.9 Å². The van der Waals surface area contributed by atoms with Gasteiger partial charge in [-0.25, -0.2) is 0 Å². The highest BCUT2D eigenvalue weighted by Gasteiger charge is 2.30. The predicted octanol–water partition coefficient (Wildman–Crippen LogP) is 0.749. The summed E-state index contributed by atoms with van der Waals surface area (Å²) in [5.41, 5.74) is 0. The number of nitrogens with one attached hydrogen (secondary N) is 2. The molecular formula is C15H27N3O2. The molecule has 0 aromatic rings. The Hall–Kier alpha value is -1.10. The van der Waals surface area contributed by atoms with Crippen LogP contribution in [-0.2, 0) is 9.59 Å². The monoisotopic (exact) mass is 281 g/mol. The van der Waals surface area contributed by atoms with E-state index < -0.39 is 0 Å². The molecule has 2 fully saturated rings. The first-order chi connectivity index (χ1) is 9.56. The third kappa shape index (κ3) is 4.20. The smallest absolute Gasteiger partial charge is 0.239 e. The molecule has 0 aromatic heterocycles. The van der Waals surface area contributed by atoms with Gasteiger partial charge in [0.05, 0.1) is 6.04 Å². The minimum Gasteiger partial charge on any atom is -0.356 e. The highest BCUT2D eigenvalue weighted by atomic mass is 16.2. The number of rotatable bonds is 3. The Morgan fingerprint density at radius 2 is 1.95 bits per heavy atom. The summed E-state index contributed by atoms with van der Waals surface area (Å²) in [5, 5.41) is 6.22. The van der Waals surface area contributed by atoms with Crippen molar-refractivity contribution in [3.8, 4) is 0 Å². The minimum atomic E-state index is 0.0191. The van der Waals surface area contributed by atoms with E-state index in [9.17, 15) is 9.59 Å². The van der Waals surface area contributed by atoms with Gasteiger partial charge in [0.15, 0.2) is 0 Å². The SMILES string of the molecule is CC(=O)NCC1CCN(C(=O)C2CC(C)CCN2)CC1. The zero-order valence-electron chi connectivity index (χ0n) is 12.7. The molecule has 0 aliphatic carbocycles. The quantitative estimate of drug-likeness (QED) is 0.802. The maximum Gasteiger partial charge on any atom is 0.239 e. The molecule has 2 unspecified atom stereocenters. The standard InChI is InChI=1S/C15H27N3O2/c1-11-3-6-16-14(9-11)15(20)18-7-4-13(5-8-18)10-17-12(2)19/h11,13-14,16H,3-10H2,1-2H3,(H,17,19). The van der Waals surface area contributed by atoms with Gasteiger partial charge in [-0.3, -0.25) is 9.59 Å². The summed E-state index contributed by atoms with van der Waals surface area (Å²) < 4.78 is 0. The van der Waals surface area contributed by atoms with Crippen molar-refractivity contribution in [2.24, 2.45) is 11.8 Å². The maximum absolute atomic E-state index is 12.5. The number of hydrogen-bond acceptors (Lipinski definition) is 3. The van der Waals surface area contributed by atoms with Crippen molar-refractivity contribution >= 4 is 11.8 Å². The number of carbonyl (C=O) groups is 2. The van der Waals surface area contributed by atoms with Crippen LogP contribution in [0.5, 0.6) is 0 Å². The van der Waals surface area contributed by atoms with Gasteiger partial charge in [-0.15, -0.1) is 0 Å². The van der Waals surface area contributed by atoms with Gasteiger partial charge in [-0.05, 0) is 44.1 Å². The van der Waals surface area contributed by atoms with Gasteiger partial charge in [0.25, 0.3) is 0 Å². The Balaban J connectivity index is 1.75. The number of amides is 2. The zero-order valence-corrected chi connectivity index (χ0v) is 12.7. The fourth-order valence-corrected chi connectivity index (χ4v) is 3.16. The number of nitrogens with zero attached hydrogens (tertiary/aromatic N) is 1. The largest absolute Gasteiger partial charge is 0.356 e. The van der Waals surface area contributed by atoms with Crippen LogP contribution in [0.15, 0.2) is 0 Å². The molecule has 2 N–H and O–H groups in total. The normalized spacial score (nSPS) is 28.2. The molecule has 2 atom stereocenters. The minimum absolute atomic E-state index is 0.0191. The highest BCUT2D eigenvalue weighted by molar-refractivity contribution is 5.82. The average Bonchev–Trinajstić information content (AvgIpc) is 2.45. The second-order valence-electron chi connectivity index (χ2n) is 6.34. The molecule has 2 rings (SSSR count). The Bertz CT molecular complexity index is 351. The van der Waals surface area contributed by atoms with Gasteiger partial charge in [0.2, 0.25) is 11.8 Å². The first-order valence-corrected chi connectivity index (χ1v) is 7.83. The molecule has 2 aliphatic heterocycles. The number of likely N-dealkylation sites (tertiary alicyclic amines) is 1. The Labute approximate surface area is 121 Å². The van der Waals surface area contributed by atoms with Crippen molar-refractivity contribution in [3.05, 3.63) is 0 Å². The molecule has 5 heteroatoms. The van der Waals surface area contributed by atoms with Gasteiger partial charge >= 0.3 is 0 Å². The topological polar surface area (TPSA) is 61.4 Å². The molecule has 0 radical (unpaired) electrons. The molecule has 0 spiro atoms. The number of hydrogen-bond donors (Lipinski definition) is 2. The molecule has 2 saturated heterocycles. The third-order valence-electron chi connectivity index (χ3n) is 4.53. The summed E-state index contributed by atoms with van der Waals surface area (Å²) in [6.45, 7) is 7.13. The lowest BCUT2D eigenvalue weighted by molar-refractivity contribution is -0.136. The molecule has 0 aromatic carbocycles. The van der Waals surface area contributed by atoms with Crippen LogP contribution >= 0.6 is 0 Å². The first-order valence-electron chi connectivity index (χ1n) is 7.83. The van der Waals surface area contributed by atoms with E-state index in [0.717, 1.165) is 45.4 Å². The van der Waals surface area contributed by atoms with Crippen LogP contribution in [0.25, 0.3) is 0 Å². The van der Waals surface area contributed by atoms with Gasteiger partial charge < -0.3 is 15.5 Å². The molecule has 20 heavy (non-hydrogen) atoms. The van der Waals surface area contributed by atoms with E-state index in [1.54, 1.807) is 6.92 Å². The second kappa shape index (κ2) is 7.07. The maximum atomic E-state index is 12.5. The van der Waals surface area contributed by atoms with Crippen LogP contribution in [0.2, 0.25) is 0 Å². The van der Waals surface area contributed by atoms with Crippen molar-refractivity contribution in [1.82, 2.24) is 15.5 Å². The van der Waals surface area contributed by atoms with Gasteiger partial charge in [0, 0.05) is 26.6 Å². The van der Waals surface area contributed by atoms with E-state index in [1.165, 1.54) is 6.42 Å². The molecule has 2 heterocycles. The first kappa shape index (κ1) is 15.3. The molecule has 2 aliphatic rings. The van der Waals surface area contributed by atoms with Crippen molar-refractivity contribution in [2.75, 3.05) is 26.2 Å². The second-order valence-corrected chi connectivity index (χ2v) is 6.34. The highest BCUT2D eigenvalue weighted by Crippen LogP contribution is 2.21. The summed E-state index contributed by atoms with van der Waals surface area (Å²) in [4.78, 5) is 25.4. The lowest BCUT2D eigenvalue weighted by Gasteiger charge is -2.36. The van der Waals surface area contributed by atoms with E-state index >= 15 is 0 Å². The summed E-state index contributed by atoms with van der Waals surface area (Å²) in [6.07, 6.45) is 4.12. The molecule has 2 amide bonds. The van der Waals surface area contributed by atoms with Crippen molar-refractivity contribution in [1.29, 1.82) is 0 Å². The third-order valence-corrected chi connectivity index (χ3v) is 4.53. The van der Waals surface area contributed by atoms with Crippen molar-refractivity contribution in [3.63, 3.8) is 0 Å². The molecular weight excluding hydrogens is 254 g/mol. The van der Waals surface area contributed by atoms with Gasteiger partial charge in [-0.1, -0.05) is 6.92 Å². The van der Waals surface area contributed by atoms with E-state index in [2.05, 4.69) is 17.6 Å². The number of carbonyl (C=O) groups excluding carboxylic acids is 2. The van der Waals surface area contributed by atoms with E-state index in [0.29, 0.717) is 11.8 Å². The summed E-state index contributed by atoms with van der Waals surface area (Å²) in [7, 11) is 0. The van der Waals surface area contributed by atoms with Crippen LogP contribution in [0, 0.1) is 11.8 Å². The van der Waals surface area contributed by atoms with Crippen molar-refractivity contribution in [2.45, 2.75) is 45.6 Å². The summed E-state index contributed by atoms with van der Waals surface area (Å²) in [5.74, 6) is 1.46. The van der Waals surface area contributed by atoms with Crippen LogP contribution in [0.1, 0.15) is 39.5 Å². The Morgan fingerprint density at radius 1 is 1.25 bits per heavy atom. The number of piperidine rings is 2. The molecule has 0 bridgehead atoms. The molecule has 5 nitrogen and oxygen atoms in total. The van der Waals surface area contributed by atoms with Crippen molar-refractivity contribution < 1.29 is 9.59 Å². The Kier molecular flexibility index (Phi) is 5.40. The Morgan fingerprint density at radius 3 is 2.55 bits per heavy atom. The van der Waals surface area contributed by atoms with Crippen LogP contribution in [0.3, 0.4) is 0 Å². The fraction of sp³-hybridized carbons (Fsp3) is 0.867. The van der Waals surface area contributed by atoms with Gasteiger partial charge in [0.1, 0.15) is 0 Å². The summed E-state index contributed by atoms with van der Waals surface area (Å²) in [6, 6.07) is 0.0191. The van der Waals surface area contributed by atoms with Gasteiger partial charge in [-0.2, -0.15) is 0 Å². The predicted molar refractivity (Wildman–Crippen MR) is 78.2 cm³/mol. The lowest BCUT2D eigenvalue weighted by Crippen LogP contribution is -2.52. The molecule has 0 saturated carbocycles. The van der Waals surface area contributed by atoms with E-state index in [1.807, 2.05) is 4.90 Å². The van der Waals surface area contributed by atoms with Crippen LogP contribution < -0.4 is 10.6 Å². The summed E-state index contributed by atoms with van der Waals surface area (Å²) >= 11 is 0. The molecule has 114 valence electrons. The fourth-order valence-electron chi connectivity index (χ4n) is 3.16. The van der Waals surface area contributed by atoms with E-state index in [4.69, 9.17) is 0 Å². The lowest BCUT2D eigenvalue weighted by atomic mass is 9.92.